The quantitative estimate of drug-likeness (QED) is 0.905. The van der Waals surface area contributed by atoms with Gasteiger partial charge < -0.3 is 9.64 Å². The molecule has 0 radical (unpaired) electrons. The van der Waals surface area contributed by atoms with Crippen molar-refractivity contribution in [3.8, 4) is 0 Å². The highest BCUT2D eigenvalue weighted by molar-refractivity contribution is 7.92. The van der Waals surface area contributed by atoms with Crippen molar-refractivity contribution in [2.75, 3.05) is 29.3 Å². The lowest BCUT2D eigenvalue weighted by Gasteiger charge is -2.33. The minimum absolute atomic E-state index is 0.0694. The van der Waals surface area contributed by atoms with Gasteiger partial charge in [0.15, 0.2) is 0 Å². The van der Waals surface area contributed by atoms with Crippen molar-refractivity contribution in [2.24, 2.45) is 0 Å². The number of nitrogens with one attached hydrogen (secondary N) is 1. The summed E-state index contributed by atoms with van der Waals surface area (Å²) in [7, 11) is -3.76. The third kappa shape index (κ3) is 4.11. The summed E-state index contributed by atoms with van der Waals surface area (Å²) in [4.78, 5) is 2.27. The van der Waals surface area contributed by atoms with Gasteiger partial charge in [-0.05, 0) is 61.9 Å². The lowest BCUT2D eigenvalue weighted by atomic mass is 10.2. The maximum atomic E-state index is 13.2. The second-order valence-corrected chi connectivity index (χ2v) is 7.84. The van der Waals surface area contributed by atoms with E-state index in [1.165, 1.54) is 12.1 Å². The van der Waals surface area contributed by atoms with Gasteiger partial charge in [-0.25, -0.2) is 12.8 Å². The zero-order valence-electron chi connectivity index (χ0n) is 14.2. The molecule has 7 heteroatoms. The highest BCUT2D eigenvalue weighted by Crippen LogP contribution is 2.23. The molecule has 0 amide bonds. The van der Waals surface area contributed by atoms with Crippen LogP contribution in [0, 0.1) is 12.7 Å². The summed E-state index contributed by atoms with van der Waals surface area (Å²) in [6.07, 6.45) is 0.174. The molecule has 0 aromatic heterocycles. The number of benzene rings is 2. The molecule has 2 aromatic carbocycles. The first-order chi connectivity index (χ1) is 11.8. The summed E-state index contributed by atoms with van der Waals surface area (Å²) < 4.78 is 46.3. The summed E-state index contributed by atoms with van der Waals surface area (Å²) in [6, 6.07) is 10.8. The van der Waals surface area contributed by atoms with Gasteiger partial charge >= 0.3 is 0 Å². The van der Waals surface area contributed by atoms with E-state index in [0.717, 1.165) is 24.8 Å². The Labute approximate surface area is 147 Å². The summed E-state index contributed by atoms with van der Waals surface area (Å²) in [5, 5.41) is 0. The van der Waals surface area contributed by atoms with Crippen LogP contribution in [0.4, 0.5) is 15.8 Å². The number of sulfonamides is 1. The molecule has 5 nitrogen and oxygen atoms in total. The first-order valence-electron chi connectivity index (χ1n) is 8.11. The fraction of sp³-hybridized carbons (Fsp3) is 0.333. The Morgan fingerprint density at radius 2 is 1.92 bits per heavy atom. The van der Waals surface area contributed by atoms with Gasteiger partial charge in [0.25, 0.3) is 10.0 Å². The molecule has 0 bridgehead atoms. The zero-order valence-corrected chi connectivity index (χ0v) is 15.0. The van der Waals surface area contributed by atoms with Crippen molar-refractivity contribution in [1.29, 1.82) is 0 Å². The van der Waals surface area contributed by atoms with E-state index in [1.807, 2.05) is 19.1 Å². The van der Waals surface area contributed by atoms with E-state index >= 15 is 0 Å². The van der Waals surface area contributed by atoms with Crippen LogP contribution in [0.1, 0.15) is 12.5 Å². The van der Waals surface area contributed by atoms with Gasteiger partial charge in [-0.15, -0.1) is 0 Å². The number of halogens is 1. The van der Waals surface area contributed by atoms with Crippen molar-refractivity contribution >= 4 is 21.4 Å². The van der Waals surface area contributed by atoms with Crippen LogP contribution in [0.5, 0.6) is 0 Å². The average molecular weight is 364 g/mol. The summed E-state index contributed by atoms with van der Waals surface area (Å²) in [5.41, 5.74) is 1.86. The van der Waals surface area contributed by atoms with Gasteiger partial charge in [0.05, 0.1) is 17.6 Å². The summed E-state index contributed by atoms with van der Waals surface area (Å²) >= 11 is 0. The number of aryl methyl sites for hydroxylation is 1. The number of nitrogens with zero attached hydrogens (tertiary/aromatic N) is 1. The monoisotopic (exact) mass is 364 g/mol. The smallest absolute Gasteiger partial charge is 0.262 e. The molecule has 3 rings (SSSR count). The first-order valence-corrected chi connectivity index (χ1v) is 9.59. The molecule has 1 fully saturated rings. The minimum Gasteiger partial charge on any atom is -0.375 e. The molecule has 2 aromatic rings. The fourth-order valence-electron chi connectivity index (χ4n) is 2.92. The third-order valence-corrected chi connectivity index (χ3v) is 5.69. The molecule has 1 aliphatic rings. The fourth-order valence-corrected chi connectivity index (χ4v) is 4.20. The Morgan fingerprint density at radius 1 is 1.20 bits per heavy atom. The molecule has 1 heterocycles. The maximum absolute atomic E-state index is 13.2. The van der Waals surface area contributed by atoms with Crippen molar-refractivity contribution in [3.63, 3.8) is 0 Å². The van der Waals surface area contributed by atoms with Crippen LogP contribution in [0.15, 0.2) is 47.4 Å². The Bertz CT molecular complexity index is 853. The van der Waals surface area contributed by atoms with Gasteiger partial charge in [0, 0.05) is 24.5 Å². The Morgan fingerprint density at radius 3 is 2.56 bits per heavy atom. The predicted molar refractivity (Wildman–Crippen MR) is 96.0 cm³/mol. The molecule has 0 saturated carbocycles. The summed E-state index contributed by atoms with van der Waals surface area (Å²) in [5.74, 6) is -0.458. The largest absolute Gasteiger partial charge is 0.375 e. The van der Waals surface area contributed by atoms with Crippen molar-refractivity contribution in [1.82, 2.24) is 0 Å². The van der Waals surface area contributed by atoms with E-state index in [1.54, 1.807) is 19.1 Å². The molecule has 25 heavy (non-hydrogen) atoms. The molecule has 1 unspecified atom stereocenters. The molecule has 134 valence electrons. The highest BCUT2D eigenvalue weighted by Gasteiger charge is 2.19. The van der Waals surface area contributed by atoms with Crippen LogP contribution < -0.4 is 9.62 Å². The van der Waals surface area contributed by atoms with Crippen LogP contribution in [0.25, 0.3) is 0 Å². The average Bonchev–Trinajstić information content (AvgIpc) is 2.54. The van der Waals surface area contributed by atoms with Crippen molar-refractivity contribution < 1.29 is 17.5 Å². The number of morpholine rings is 1. The maximum Gasteiger partial charge on any atom is 0.262 e. The third-order valence-electron chi connectivity index (χ3n) is 4.15. The Balaban J connectivity index is 1.76. The SMILES string of the molecule is Cc1cc(F)ccc1S(=O)(=O)Nc1ccc(N2CCOC(C)C2)cc1. The van der Waals surface area contributed by atoms with Crippen LogP contribution in [0.2, 0.25) is 0 Å². The van der Waals surface area contributed by atoms with E-state index in [2.05, 4.69) is 9.62 Å². The van der Waals surface area contributed by atoms with Crippen LogP contribution in [-0.4, -0.2) is 34.2 Å². The molecular formula is C18H21FN2O3S. The Hall–Kier alpha value is -2.12. The summed E-state index contributed by atoms with van der Waals surface area (Å²) in [6.45, 7) is 5.89. The van der Waals surface area contributed by atoms with E-state index in [0.29, 0.717) is 17.9 Å². The van der Waals surface area contributed by atoms with E-state index in [4.69, 9.17) is 4.74 Å². The minimum atomic E-state index is -3.76. The second-order valence-electron chi connectivity index (χ2n) is 6.19. The van der Waals surface area contributed by atoms with Crippen molar-refractivity contribution in [2.45, 2.75) is 24.8 Å². The zero-order chi connectivity index (χ0) is 18.0. The van der Waals surface area contributed by atoms with E-state index < -0.39 is 15.8 Å². The number of hydrogen-bond acceptors (Lipinski definition) is 4. The Kier molecular flexibility index (Phi) is 4.96. The molecule has 0 spiro atoms. The second kappa shape index (κ2) is 7.01. The van der Waals surface area contributed by atoms with Gasteiger partial charge in [-0.2, -0.15) is 0 Å². The number of rotatable bonds is 4. The van der Waals surface area contributed by atoms with Gasteiger partial charge in [0.2, 0.25) is 0 Å². The molecule has 1 N–H and O–H groups in total. The molecule has 1 aliphatic heterocycles. The highest BCUT2D eigenvalue weighted by atomic mass is 32.2. The lowest BCUT2D eigenvalue weighted by molar-refractivity contribution is 0.0532. The number of anilines is 2. The normalized spacial score (nSPS) is 18.2. The molecule has 1 saturated heterocycles. The van der Waals surface area contributed by atoms with Gasteiger partial charge in [-0.3, -0.25) is 4.72 Å². The molecule has 0 aliphatic carbocycles. The van der Waals surface area contributed by atoms with E-state index in [9.17, 15) is 12.8 Å². The topological polar surface area (TPSA) is 58.6 Å². The van der Waals surface area contributed by atoms with Gasteiger partial charge in [0.1, 0.15) is 5.82 Å². The first kappa shape index (κ1) is 17.7. The van der Waals surface area contributed by atoms with Crippen molar-refractivity contribution in [3.05, 3.63) is 53.8 Å². The van der Waals surface area contributed by atoms with E-state index in [-0.39, 0.29) is 11.0 Å². The van der Waals surface area contributed by atoms with Crippen LogP contribution >= 0.6 is 0 Å². The van der Waals surface area contributed by atoms with Gasteiger partial charge in [-0.1, -0.05) is 0 Å². The standard InChI is InChI=1S/C18H21FN2O3S/c1-13-11-15(19)3-8-18(13)25(22,23)20-16-4-6-17(7-5-16)21-9-10-24-14(2)12-21/h3-8,11,14,20H,9-10,12H2,1-2H3. The predicted octanol–water partition coefficient (Wildman–Crippen LogP) is 3.16. The lowest BCUT2D eigenvalue weighted by Crippen LogP contribution is -2.41. The molecular weight excluding hydrogens is 343 g/mol. The van der Waals surface area contributed by atoms with Crippen LogP contribution in [-0.2, 0) is 14.8 Å². The van der Waals surface area contributed by atoms with Crippen LogP contribution in [0.3, 0.4) is 0 Å². The number of hydrogen-bond donors (Lipinski definition) is 1. The number of ether oxygens (including phenoxy) is 1. The molecule has 1 atom stereocenters.